The van der Waals surface area contributed by atoms with Crippen molar-refractivity contribution in [1.29, 1.82) is 0 Å². The first-order chi connectivity index (χ1) is 13.6. The molecule has 1 aromatic heterocycles. The van der Waals surface area contributed by atoms with Crippen molar-refractivity contribution in [2.45, 2.75) is 72.6 Å². The molecule has 152 valence electrons. The predicted octanol–water partition coefficient (Wildman–Crippen LogP) is 6.18. The summed E-state index contributed by atoms with van der Waals surface area (Å²) in [5, 5.41) is 7.34. The van der Waals surface area contributed by atoms with Gasteiger partial charge < -0.3 is 5.32 Å². The molecule has 1 amide bonds. The van der Waals surface area contributed by atoms with E-state index in [1.807, 2.05) is 39.1 Å². The van der Waals surface area contributed by atoms with E-state index < -0.39 is 0 Å². The Balaban J connectivity index is 2.18. The third-order valence-electron chi connectivity index (χ3n) is 5.41. The second kappa shape index (κ2) is 11.5. The van der Waals surface area contributed by atoms with Crippen molar-refractivity contribution in [2.24, 2.45) is 5.92 Å². The van der Waals surface area contributed by atoms with Gasteiger partial charge in [-0.05, 0) is 58.1 Å². The average molecular weight is 382 g/mol. The highest BCUT2D eigenvalue weighted by Crippen LogP contribution is 2.29. The smallest absolute Gasteiger partial charge is 0.259 e. The maximum atomic E-state index is 12.8. The summed E-state index contributed by atoms with van der Waals surface area (Å²) in [7, 11) is 0. The van der Waals surface area contributed by atoms with Crippen molar-refractivity contribution < 1.29 is 4.79 Å². The number of allylic oxidation sites excluding steroid dienone is 6. The Hall–Kier alpha value is -2.36. The summed E-state index contributed by atoms with van der Waals surface area (Å²) < 4.78 is 1.72. The molecular formula is C24H35N3O. The van der Waals surface area contributed by atoms with Crippen LogP contribution in [0.2, 0.25) is 0 Å². The van der Waals surface area contributed by atoms with Gasteiger partial charge in [0.1, 0.15) is 0 Å². The fourth-order valence-electron chi connectivity index (χ4n) is 3.79. The monoisotopic (exact) mass is 381 g/mol. The first-order valence-electron chi connectivity index (χ1n) is 10.6. The first-order valence-corrected chi connectivity index (χ1v) is 10.6. The van der Waals surface area contributed by atoms with E-state index >= 15 is 0 Å². The molecule has 1 saturated carbocycles. The highest BCUT2D eigenvalue weighted by molar-refractivity contribution is 5.96. The van der Waals surface area contributed by atoms with Crippen LogP contribution < -0.4 is 5.32 Å². The minimum atomic E-state index is -0.116. The van der Waals surface area contributed by atoms with Crippen molar-refractivity contribution >= 4 is 12.1 Å². The molecule has 4 nitrogen and oxygen atoms in total. The summed E-state index contributed by atoms with van der Waals surface area (Å²) >= 11 is 0. The van der Waals surface area contributed by atoms with Gasteiger partial charge >= 0.3 is 0 Å². The molecule has 0 aromatic carbocycles. The molecule has 0 atom stereocenters. The lowest BCUT2D eigenvalue weighted by atomic mass is 9.85. The lowest BCUT2D eigenvalue weighted by molar-refractivity contribution is 0.0966. The Morgan fingerprint density at radius 1 is 1.11 bits per heavy atom. The maximum Gasteiger partial charge on any atom is 0.259 e. The van der Waals surface area contributed by atoms with Crippen molar-refractivity contribution in [3.8, 4) is 0 Å². The van der Waals surface area contributed by atoms with E-state index in [4.69, 9.17) is 0 Å². The number of hydrogen-bond donors (Lipinski definition) is 1. The van der Waals surface area contributed by atoms with E-state index in [-0.39, 0.29) is 5.91 Å². The molecule has 0 unspecified atom stereocenters. The number of nitrogens with zero attached hydrogens (tertiary/aromatic N) is 2. The van der Waals surface area contributed by atoms with Crippen molar-refractivity contribution in [3.05, 3.63) is 59.1 Å². The lowest BCUT2D eigenvalue weighted by Crippen LogP contribution is -2.23. The summed E-state index contributed by atoms with van der Waals surface area (Å²) in [5.74, 6) is 0.456. The summed E-state index contributed by atoms with van der Waals surface area (Å²) in [6, 6.07) is 0. The molecule has 0 bridgehead atoms. The zero-order valence-electron chi connectivity index (χ0n) is 17.9. The van der Waals surface area contributed by atoms with E-state index in [0.717, 1.165) is 11.4 Å². The van der Waals surface area contributed by atoms with E-state index in [1.54, 1.807) is 10.9 Å². The Kier molecular flexibility index (Phi) is 8.99. The molecular weight excluding hydrogens is 346 g/mol. The van der Waals surface area contributed by atoms with Gasteiger partial charge in [0.2, 0.25) is 0 Å². The third-order valence-corrected chi connectivity index (χ3v) is 5.41. The van der Waals surface area contributed by atoms with E-state index in [9.17, 15) is 4.79 Å². The normalized spacial score (nSPS) is 17.9. The number of aromatic nitrogens is 2. The molecule has 28 heavy (non-hydrogen) atoms. The molecule has 0 aliphatic heterocycles. The lowest BCUT2D eigenvalue weighted by Gasteiger charge is -2.21. The summed E-state index contributed by atoms with van der Waals surface area (Å²) in [6.07, 6.45) is 22.9. The van der Waals surface area contributed by atoms with Crippen LogP contribution in [0.3, 0.4) is 0 Å². The van der Waals surface area contributed by atoms with Crippen molar-refractivity contribution in [1.82, 2.24) is 15.1 Å². The molecule has 1 fully saturated rings. The fraction of sp³-hybridized carbons (Fsp3) is 0.500. The third kappa shape index (κ3) is 6.08. The zero-order valence-corrected chi connectivity index (χ0v) is 17.9. The number of hydrogen-bond acceptors (Lipinski definition) is 2. The highest BCUT2D eigenvalue weighted by Gasteiger charge is 2.17. The summed E-state index contributed by atoms with van der Waals surface area (Å²) in [4.78, 5) is 12.8. The molecule has 4 heteroatoms. The Bertz CT molecular complexity index is 757. The highest BCUT2D eigenvalue weighted by atomic mass is 16.1. The standard InChI is InChI=1S/C24H35N3O/c1-5-13-21(20-14-11-9-8-10-12-15-20)17-22(7-3)26-24(28)23-18-25-27(16-6-2)19(23)4/h5-7,13,16-18,20H,8-12,14-15H2,1-4H3,(H,26,28)/b13-5-,16-6-,21-17+,22-7+. The largest absolute Gasteiger partial charge is 0.322 e. The van der Waals surface area contributed by atoms with Crippen LogP contribution in [0.5, 0.6) is 0 Å². The molecule has 0 spiro atoms. The Labute approximate surface area is 170 Å². The maximum absolute atomic E-state index is 12.8. The van der Waals surface area contributed by atoms with Gasteiger partial charge in [-0.15, -0.1) is 0 Å². The second-order valence-electron chi connectivity index (χ2n) is 7.46. The van der Waals surface area contributed by atoms with Crippen molar-refractivity contribution in [3.63, 3.8) is 0 Å². The van der Waals surface area contributed by atoms with Crippen LogP contribution in [-0.4, -0.2) is 15.7 Å². The number of carbonyl (C=O) groups is 1. The number of amides is 1. The summed E-state index contributed by atoms with van der Waals surface area (Å²) in [6.45, 7) is 7.87. The van der Waals surface area contributed by atoms with Crippen LogP contribution in [0.4, 0.5) is 0 Å². The van der Waals surface area contributed by atoms with Gasteiger partial charge in [0, 0.05) is 11.9 Å². The Morgan fingerprint density at radius 2 is 1.79 bits per heavy atom. The predicted molar refractivity (Wildman–Crippen MR) is 118 cm³/mol. The number of carbonyl (C=O) groups excluding carboxylic acids is 1. The van der Waals surface area contributed by atoms with Crippen LogP contribution in [-0.2, 0) is 0 Å². The average Bonchev–Trinajstić information content (AvgIpc) is 3.01. The quantitative estimate of drug-likeness (QED) is 0.598. The Morgan fingerprint density at radius 3 is 2.39 bits per heavy atom. The number of nitrogens with one attached hydrogen (secondary N) is 1. The van der Waals surface area contributed by atoms with Gasteiger partial charge in [-0.2, -0.15) is 5.10 Å². The fourth-order valence-corrected chi connectivity index (χ4v) is 3.79. The molecule has 0 saturated heterocycles. The number of rotatable bonds is 6. The van der Waals surface area contributed by atoms with Crippen molar-refractivity contribution in [2.75, 3.05) is 0 Å². The topological polar surface area (TPSA) is 46.9 Å². The molecule has 0 radical (unpaired) electrons. The molecule has 1 aliphatic rings. The van der Waals surface area contributed by atoms with E-state index in [1.165, 1.54) is 50.5 Å². The van der Waals surface area contributed by atoms with E-state index in [2.05, 4.69) is 35.6 Å². The first kappa shape index (κ1) is 21.9. The van der Waals surface area contributed by atoms with Gasteiger partial charge in [-0.3, -0.25) is 4.79 Å². The van der Waals surface area contributed by atoms with Gasteiger partial charge in [0.15, 0.2) is 0 Å². The van der Waals surface area contributed by atoms with Gasteiger partial charge in [0.05, 0.1) is 17.5 Å². The molecule has 1 aliphatic carbocycles. The zero-order chi connectivity index (χ0) is 20.4. The van der Waals surface area contributed by atoms with Gasteiger partial charge in [-0.1, -0.05) is 56.4 Å². The molecule has 2 rings (SSSR count). The minimum absolute atomic E-state index is 0.116. The SMILES string of the molecule is C\C=C/C(=C\C(=C/C)NC(=O)c1cnn(/C=C\C)c1C)C1CCCCCCC1. The van der Waals surface area contributed by atoms with Crippen LogP contribution in [0.25, 0.3) is 6.20 Å². The van der Waals surface area contributed by atoms with Crippen LogP contribution >= 0.6 is 0 Å². The minimum Gasteiger partial charge on any atom is -0.322 e. The van der Waals surface area contributed by atoms with Crippen LogP contribution in [0.1, 0.15) is 81.8 Å². The molecule has 1 heterocycles. The van der Waals surface area contributed by atoms with Gasteiger partial charge in [-0.25, -0.2) is 4.68 Å². The van der Waals surface area contributed by atoms with Crippen LogP contribution in [0, 0.1) is 12.8 Å². The molecule has 1 N–H and O–H groups in total. The second-order valence-corrected chi connectivity index (χ2v) is 7.46. The van der Waals surface area contributed by atoms with Crippen LogP contribution in [0.15, 0.2) is 47.8 Å². The van der Waals surface area contributed by atoms with Gasteiger partial charge in [0.25, 0.3) is 5.91 Å². The van der Waals surface area contributed by atoms with E-state index in [0.29, 0.717) is 11.5 Å². The molecule has 1 aromatic rings. The summed E-state index contributed by atoms with van der Waals surface area (Å²) in [5.41, 5.74) is 3.60.